The minimum absolute atomic E-state index is 0.0556. The van der Waals surface area contributed by atoms with E-state index in [1.807, 2.05) is 11.8 Å². The summed E-state index contributed by atoms with van der Waals surface area (Å²) < 4.78 is 40.7. The Kier molecular flexibility index (Phi) is 3.63. The summed E-state index contributed by atoms with van der Waals surface area (Å²) >= 11 is 0. The first-order valence-corrected chi connectivity index (χ1v) is 7.21. The Morgan fingerprint density at radius 1 is 1.10 bits per heavy atom. The van der Waals surface area contributed by atoms with Crippen LogP contribution in [0.25, 0.3) is 0 Å². The van der Waals surface area contributed by atoms with Crippen molar-refractivity contribution in [2.45, 2.75) is 38.3 Å². The van der Waals surface area contributed by atoms with E-state index in [0.29, 0.717) is 18.7 Å². The minimum atomic E-state index is -1.11. The Labute approximate surface area is 117 Å². The lowest BCUT2D eigenvalue weighted by atomic mass is 9.96. The number of halogens is 3. The van der Waals surface area contributed by atoms with Gasteiger partial charge in [-0.15, -0.1) is 0 Å². The van der Waals surface area contributed by atoms with Gasteiger partial charge in [0.2, 0.25) is 0 Å². The van der Waals surface area contributed by atoms with Crippen molar-refractivity contribution in [3.8, 4) is 0 Å². The van der Waals surface area contributed by atoms with Crippen LogP contribution in [-0.2, 0) is 0 Å². The summed E-state index contributed by atoms with van der Waals surface area (Å²) in [6, 6.07) is 2.12. The smallest absolute Gasteiger partial charge is 0.182 e. The number of hydrogen-bond acceptors (Lipinski definition) is 2. The molecule has 0 saturated carbocycles. The fraction of sp³-hybridized carbons (Fsp3) is 0.600. The highest BCUT2D eigenvalue weighted by atomic mass is 19.2. The molecule has 2 unspecified atom stereocenters. The van der Waals surface area contributed by atoms with Crippen molar-refractivity contribution in [2.75, 3.05) is 24.5 Å². The molecule has 5 heteroatoms. The van der Waals surface area contributed by atoms with Crippen LogP contribution in [0.1, 0.15) is 26.2 Å². The Bertz CT molecular complexity index is 506. The number of piperidine rings is 1. The zero-order valence-corrected chi connectivity index (χ0v) is 11.6. The molecule has 1 aromatic carbocycles. The highest BCUT2D eigenvalue weighted by Crippen LogP contribution is 2.31. The maximum Gasteiger partial charge on any atom is 0.182 e. The molecule has 1 aromatic rings. The van der Waals surface area contributed by atoms with Crippen molar-refractivity contribution < 1.29 is 13.2 Å². The summed E-state index contributed by atoms with van der Waals surface area (Å²) in [4.78, 5) is 4.23. The first kappa shape index (κ1) is 13.7. The van der Waals surface area contributed by atoms with Gasteiger partial charge in [-0.1, -0.05) is 6.42 Å². The molecule has 0 bridgehead atoms. The molecule has 2 aliphatic rings. The number of rotatable bonds is 1. The Morgan fingerprint density at radius 2 is 1.90 bits per heavy atom. The van der Waals surface area contributed by atoms with Crippen molar-refractivity contribution in [1.82, 2.24) is 4.90 Å². The van der Waals surface area contributed by atoms with Gasteiger partial charge in [0.1, 0.15) is 5.82 Å². The summed E-state index contributed by atoms with van der Waals surface area (Å²) in [7, 11) is 0. The number of fused-ring (bicyclic) bond motifs is 1. The molecule has 0 radical (unpaired) electrons. The van der Waals surface area contributed by atoms with Gasteiger partial charge in [0.05, 0.1) is 5.69 Å². The highest BCUT2D eigenvalue weighted by molar-refractivity contribution is 5.50. The molecule has 2 atom stereocenters. The largest absolute Gasteiger partial charge is 0.363 e. The van der Waals surface area contributed by atoms with E-state index in [9.17, 15) is 13.2 Å². The number of anilines is 1. The second kappa shape index (κ2) is 5.28. The SMILES string of the molecule is CC1CN2CCCCC2CN1c1cc(F)cc(F)c1F. The van der Waals surface area contributed by atoms with Crippen molar-refractivity contribution in [3.63, 3.8) is 0 Å². The third kappa shape index (κ3) is 2.39. The zero-order valence-electron chi connectivity index (χ0n) is 11.6. The summed E-state index contributed by atoms with van der Waals surface area (Å²) in [5.41, 5.74) is 0.0558. The molecule has 2 heterocycles. The van der Waals surface area contributed by atoms with E-state index in [1.54, 1.807) is 0 Å². The number of hydrogen-bond donors (Lipinski definition) is 0. The topological polar surface area (TPSA) is 6.48 Å². The first-order valence-electron chi connectivity index (χ1n) is 7.21. The fourth-order valence-corrected chi connectivity index (χ4v) is 3.44. The van der Waals surface area contributed by atoms with Crippen molar-refractivity contribution in [1.29, 1.82) is 0 Å². The molecule has 0 aromatic heterocycles. The molecule has 0 aliphatic carbocycles. The third-order valence-electron chi connectivity index (χ3n) is 4.47. The monoisotopic (exact) mass is 284 g/mol. The van der Waals surface area contributed by atoms with Gasteiger partial charge in [-0.25, -0.2) is 13.2 Å². The van der Waals surface area contributed by atoms with E-state index in [2.05, 4.69) is 4.90 Å². The van der Waals surface area contributed by atoms with Crippen LogP contribution in [0, 0.1) is 17.5 Å². The molecule has 2 nitrogen and oxygen atoms in total. The van der Waals surface area contributed by atoms with Gasteiger partial charge in [-0.05, 0) is 26.3 Å². The molecule has 0 amide bonds. The molecule has 3 rings (SSSR count). The van der Waals surface area contributed by atoms with Crippen molar-refractivity contribution >= 4 is 5.69 Å². The summed E-state index contributed by atoms with van der Waals surface area (Å²) in [5, 5.41) is 0. The van der Waals surface area contributed by atoms with E-state index in [4.69, 9.17) is 0 Å². The average molecular weight is 284 g/mol. The Hall–Kier alpha value is -1.23. The van der Waals surface area contributed by atoms with Gasteiger partial charge in [0, 0.05) is 37.3 Å². The molecule has 2 fully saturated rings. The maximum absolute atomic E-state index is 14.0. The fourth-order valence-electron chi connectivity index (χ4n) is 3.44. The van der Waals surface area contributed by atoms with E-state index < -0.39 is 17.5 Å². The van der Waals surface area contributed by atoms with E-state index in [-0.39, 0.29) is 11.7 Å². The Morgan fingerprint density at radius 3 is 2.70 bits per heavy atom. The van der Waals surface area contributed by atoms with Gasteiger partial charge < -0.3 is 4.90 Å². The minimum Gasteiger partial charge on any atom is -0.363 e. The molecule has 20 heavy (non-hydrogen) atoms. The molecule has 2 aliphatic heterocycles. The predicted octanol–water partition coefficient (Wildman–Crippen LogP) is 3.17. The van der Waals surface area contributed by atoms with Gasteiger partial charge in [0.15, 0.2) is 11.6 Å². The highest BCUT2D eigenvalue weighted by Gasteiger charge is 2.34. The van der Waals surface area contributed by atoms with Crippen LogP contribution in [0.5, 0.6) is 0 Å². The van der Waals surface area contributed by atoms with Crippen LogP contribution in [0.3, 0.4) is 0 Å². The number of piperazine rings is 1. The van der Waals surface area contributed by atoms with E-state index in [0.717, 1.165) is 25.6 Å². The lowest BCUT2D eigenvalue weighted by Gasteiger charge is -2.48. The zero-order chi connectivity index (χ0) is 14.3. The normalized spacial score (nSPS) is 27.5. The molecular weight excluding hydrogens is 265 g/mol. The lowest BCUT2D eigenvalue weighted by molar-refractivity contribution is 0.115. The molecule has 0 spiro atoms. The lowest BCUT2D eigenvalue weighted by Crippen LogP contribution is -2.59. The van der Waals surface area contributed by atoms with Gasteiger partial charge in [-0.3, -0.25) is 4.90 Å². The number of benzene rings is 1. The van der Waals surface area contributed by atoms with Crippen LogP contribution in [0.2, 0.25) is 0 Å². The number of nitrogens with zero attached hydrogens (tertiary/aromatic N) is 2. The second-order valence-electron chi connectivity index (χ2n) is 5.87. The standard InChI is InChI=1S/C15H19F3N2/c1-10-8-19-5-3-2-4-12(19)9-20(10)14-7-11(16)6-13(17)15(14)18/h6-7,10,12H,2-5,8-9H2,1H3. The van der Waals surface area contributed by atoms with Crippen molar-refractivity contribution in [3.05, 3.63) is 29.6 Å². The summed E-state index contributed by atoms with van der Waals surface area (Å²) in [6.07, 6.45) is 3.44. The Balaban J connectivity index is 1.89. The second-order valence-corrected chi connectivity index (χ2v) is 5.87. The van der Waals surface area contributed by atoms with Crippen LogP contribution in [-0.4, -0.2) is 36.6 Å². The first-order chi connectivity index (χ1) is 9.56. The van der Waals surface area contributed by atoms with Crippen LogP contribution in [0.15, 0.2) is 12.1 Å². The quantitative estimate of drug-likeness (QED) is 0.731. The van der Waals surface area contributed by atoms with Gasteiger partial charge in [0.25, 0.3) is 0 Å². The van der Waals surface area contributed by atoms with Gasteiger partial charge in [-0.2, -0.15) is 0 Å². The van der Waals surface area contributed by atoms with Crippen LogP contribution >= 0.6 is 0 Å². The average Bonchev–Trinajstić information content (AvgIpc) is 2.42. The van der Waals surface area contributed by atoms with Gasteiger partial charge >= 0.3 is 0 Å². The molecule has 2 saturated heterocycles. The molecular formula is C15H19F3N2. The van der Waals surface area contributed by atoms with E-state index in [1.165, 1.54) is 12.8 Å². The van der Waals surface area contributed by atoms with Crippen LogP contribution < -0.4 is 4.90 Å². The van der Waals surface area contributed by atoms with Crippen LogP contribution in [0.4, 0.5) is 18.9 Å². The van der Waals surface area contributed by atoms with E-state index >= 15 is 0 Å². The maximum atomic E-state index is 14.0. The molecule has 110 valence electrons. The summed E-state index contributed by atoms with van der Waals surface area (Å²) in [5.74, 6) is -2.78. The third-order valence-corrected chi connectivity index (χ3v) is 4.47. The summed E-state index contributed by atoms with van der Waals surface area (Å²) in [6.45, 7) is 4.51. The predicted molar refractivity (Wildman–Crippen MR) is 72.3 cm³/mol. The van der Waals surface area contributed by atoms with Crippen molar-refractivity contribution in [2.24, 2.45) is 0 Å². The molecule has 0 N–H and O–H groups in total.